The Hall–Kier alpha value is -0.570. The molecule has 3 N–H and O–H groups in total. The van der Waals surface area contributed by atoms with Gasteiger partial charge in [-0.15, -0.1) is 0 Å². The number of hydrogen-bond acceptors (Lipinski definition) is 2. The molecule has 1 fully saturated rings. The van der Waals surface area contributed by atoms with Gasteiger partial charge in [0.2, 0.25) is 5.91 Å². The predicted molar refractivity (Wildman–Crippen MR) is 67.1 cm³/mol. The van der Waals surface area contributed by atoms with E-state index in [0.29, 0.717) is 12.3 Å². The fourth-order valence-corrected chi connectivity index (χ4v) is 2.12. The first-order valence-electron chi connectivity index (χ1n) is 6.60. The molecular weight excluding hydrogens is 200 g/mol. The van der Waals surface area contributed by atoms with E-state index >= 15 is 0 Å². The van der Waals surface area contributed by atoms with Crippen LogP contribution in [0.15, 0.2) is 0 Å². The second-order valence-corrected chi connectivity index (χ2v) is 5.38. The highest BCUT2D eigenvalue weighted by Crippen LogP contribution is 2.34. The maximum atomic E-state index is 11.7. The van der Waals surface area contributed by atoms with Gasteiger partial charge in [-0.3, -0.25) is 4.79 Å². The molecule has 0 aromatic rings. The zero-order valence-corrected chi connectivity index (χ0v) is 10.7. The Morgan fingerprint density at radius 2 is 2.06 bits per heavy atom. The highest BCUT2D eigenvalue weighted by Gasteiger charge is 2.38. The van der Waals surface area contributed by atoms with Gasteiger partial charge in [0.25, 0.3) is 0 Å². The summed E-state index contributed by atoms with van der Waals surface area (Å²) < 4.78 is 0. The van der Waals surface area contributed by atoms with Crippen molar-refractivity contribution in [1.82, 2.24) is 5.32 Å². The van der Waals surface area contributed by atoms with E-state index < -0.39 is 0 Å². The summed E-state index contributed by atoms with van der Waals surface area (Å²) in [7, 11) is 0. The van der Waals surface area contributed by atoms with Crippen molar-refractivity contribution in [2.24, 2.45) is 11.7 Å². The number of hydrogen-bond donors (Lipinski definition) is 2. The molecule has 1 amide bonds. The van der Waals surface area contributed by atoms with Gasteiger partial charge in [-0.05, 0) is 45.1 Å². The molecule has 1 aliphatic rings. The van der Waals surface area contributed by atoms with Crippen LogP contribution in [0, 0.1) is 5.92 Å². The smallest absolute Gasteiger partial charge is 0.220 e. The summed E-state index contributed by atoms with van der Waals surface area (Å²) in [5.41, 5.74) is 5.71. The second kappa shape index (κ2) is 6.24. The van der Waals surface area contributed by atoms with Gasteiger partial charge in [0, 0.05) is 12.0 Å². The van der Waals surface area contributed by atoms with E-state index in [2.05, 4.69) is 19.2 Å². The molecule has 0 bridgehead atoms. The van der Waals surface area contributed by atoms with Crippen molar-refractivity contribution in [2.75, 3.05) is 6.54 Å². The fourth-order valence-electron chi connectivity index (χ4n) is 2.12. The van der Waals surface area contributed by atoms with Gasteiger partial charge < -0.3 is 11.1 Å². The Kier molecular flexibility index (Phi) is 5.26. The Balaban J connectivity index is 2.17. The lowest BCUT2D eigenvalue weighted by molar-refractivity contribution is -0.122. The minimum Gasteiger partial charge on any atom is -0.351 e. The zero-order valence-electron chi connectivity index (χ0n) is 10.7. The Labute approximate surface area is 99.2 Å². The van der Waals surface area contributed by atoms with Crippen LogP contribution in [-0.4, -0.2) is 18.0 Å². The van der Waals surface area contributed by atoms with Crippen molar-refractivity contribution < 1.29 is 4.79 Å². The Morgan fingerprint density at radius 1 is 1.38 bits per heavy atom. The van der Waals surface area contributed by atoms with Crippen molar-refractivity contribution in [1.29, 1.82) is 0 Å². The average molecular weight is 226 g/mol. The molecule has 1 rings (SSSR count). The summed E-state index contributed by atoms with van der Waals surface area (Å²) in [5, 5.41) is 3.10. The van der Waals surface area contributed by atoms with E-state index in [0.717, 1.165) is 32.2 Å². The molecule has 3 heteroatoms. The third-order valence-corrected chi connectivity index (χ3v) is 3.49. The number of rotatable bonds is 8. The Bertz CT molecular complexity index is 218. The SMILES string of the molecule is CCCC(CCN)CCC(=O)NC1(C)CC1. The third-order valence-electron chi connectivity index (χ3n) is 3.49. The first kappa shape index (κ1) is 13.5. The van der Waals surface area contributed by atoms with E-state index in [4.69, 9.17) is 5.73 Å². The van der Waals surface area contributed by atoms with Crippen LogP contribution in [0.1, 0.15) is 58.8 Å². The molecule has 1 atom stereocenters. The fraction of sp³-hybridized carbons (Fsp3) is 0.923. The minimum atomic E-state index is 0.130. The summed E-state index contributed by atoms with van der Waals surface area (Å²) in [6, 6.07) is 0. The molecule has 0 aromatic heterocycles. The largest absolute Gasteiger partial charge is 0.351 e. The summed E-state index contributed by atoms with van der Waals surface area (Å²) in [4.78, 5) is 11.7. The second-order valence-electron chi connectivity index (χ2n) is 5.38. The summed E-state index contributed by atoms with van der Waals surface area (Å²) in [6.45, 7) is 5.05. The highest BCUT2D eigenvalue weighted by molar-refractivity contribution is 5.77. The van der Waals surface area contributed by atoms with Crippen molar-refractivity contribution in [3.63, 3.8) is 0 Å². The lowest BCUT2D eigenvalue weighted by Crippen LogP contribution is -2.34. The number of carbonyl (C=O) groups is 1. The van der Waals surface area contributed by atoms with Crippen LogP contribution in [0.25, 0.3) is 0 Å². The summed E-state index contributed by atoms with van der Waals surface area (Å²) in [5.74, 6) is 0.853. The van der Waals surface area contributed by atoms with Crippen molar-refractivity contribution in [3.8, 4) is 0 Å². The van der Waals surface area contributed by atoms with Gasteiger partial charge in [-0.25, -0.2) is 0 Å². The molecule has 1 unspecified atom stereocenters. The number of nitrogens with two attached hydrogens (primary N) is 1. The third kappa shape index (κ3) is 4.97. The molecule has 3 nitrogen and oxygen atoms in total. The summed E-state index contributed by atoms with van der Waals surface area (Å²) in [6.07, 6.45) is 7.37. The number of carbonyl (C=O) groups excluding carboxylic acids is 1. The van der Waals surface area contributed by atoms with Crippen LogP contribution in [-0.2, 0) is 4.79 Å². The van der Waals surface area contributed by atoms with Gasteiger partial charge in [0.15, 0.2) is 0 Å². The van der Waals surface area contributed by atoms with E-state index in [1.165, 1.54) is 12.8 Å². The molecule has 0 aromatic carbocycles. The van der Waals surface area contributed by atoms with Crippen molar-refractivity contribution >= 4 is 5.91 Å². The van der Waals surface area contributed by atoms with E-state index in [-0.39, 0.29) is 11.4 Å². The maximum Gasteiger partial charge on any atom is 0.220 e. The van der Waals surface area contributed by atoms with Crippen LogP contribution in [0.2, 0.25) is 0 Å². The molecule has 0 saturated heterocycles. The highest BCUT2D eigenvalue weighted by atomic mass is 16.1. The first-order valence-corrected chi connectivity index (χ1v) is 6.60. The number of nitrogens with one attached hydrogen (secondary N) is 1. The van der Waals surface area contributed by atoms with Crippen molar-refractivity contribution in [2.45, 2.75) is 64.3 Å². The van der Waals surface area contributed by atoms with E-state index in [1.807, 2.05) is 0 Å². The standard InChI is InChI=1S/C13H26N2O/c1-3-4-11(7-10-14)5-6-12(16)15-13(2)8-9-13/h11H,3-10,14H2,1-2H3,(H,15,16). The monoisotopic (exact) mass is 226 g/mol. The van der Waals surface area contributed by atoms with Crippen LogP contribution in [0.3, 0.4) is 0 Å². The van der Waals surface area contributed by atoms with Crippen LogP contribution in [0.5, 0.6) is 0 Å². The van der Waals surface area contributed by atoms with Crippen LogP contribution in [0.4, 0.5) is 0 Å². The molecule has 0 radical (unpaired) electrons. The van der Waals surface area contributed by atoms with E-state index in [1.54, 1.807) is 0 Å². The molecular formula is C13H26N2O. The predicted octanol–water partition coefficient (Wildman–Crippen LogP) is 2.20. The van der Waals surface area contributed by atoms with Gasteiger partial charge in [-0.2, -0.15) is 0 Å². The molecule has 94 valence electrons. The minimum absolute atomic E-state index is 0.130. The maximum absolute atomic E-state index is 11.7. The normalized spacial score (nSPS) is 19.2. The molecule has 1 aliphatic carbocycles. The lowest BCUT2D eigenvalue weighted by Gasteiger charge is -2.16. The molecule has 16 heavy (non-hydrogen) atoms. The zero-order chi connectivity index (χ0) is 12.0. The molecule has 0 heterocycles. The van der Waals surface area contributed by atoms with Gasteiger partial charge in [0.1, 0.15) is 0 Å². The summed E-state index contributed by atoms with van der Waals surface area (Å²) >= 11 is 0. The average Bonchev–Trinajstić information content (AvgIpc) is 2.93. The number of amides is 1. The Morgan fingerprint density at radius 3 is 2.56 bits per heavy atom. The first-order chi connectivity index (χ1) is 7.59. The van der Waals surface area contributed by atoms with Crippen molar-refractivity contribution in [3.05, 3.63) is 0 Å². The molecule has 0 spiro atoms. The van der Waals surface area contributed by atoms with Crippen LogP contribution < -0.4 is 11.1 Å². The van der Waals surface area contributed by atoms with Gasteiger partial charge >= 0.3 is 0 Å². The topological polar surface area (TPSA) is 55.1 Å². The van der Waals surface area contributed by atoms with Crippen LogP contribution >= 0.6 is 0 Å². The molecule has 1 saturated carbocycles. The lowest BCUT2D eigenvalue weighted by atomic mass is 9.94. The van der Waals surface area contributed by atoms with E-state index in [9.17, 15) is 4.79 Å². The van der Waals surface area contributed by atoms with Gasteiger partial charge in [-0.1, -0.05) is 19.8 Å². The molecule has 0 aliphatic heterocycles. The quantitative estimate of drug-likeness (QED) is 0.666. The van der Waals surface area contributed by atoms with Gasteiger partial charge in [0.05, 0.1) is 0 Å².